The van der Waals surface area contributed by atoms with E-state index in [1.807, 2.05) is 42.2 Å². The van der Waals surface area contributed by atoms with E-state index >= 15 is 0 Å². The van der Waals surface area contributed by atoms with Crippen LogP contribution in [0.25, 0.3) is 0 Å². The molecule has 164 valence electrons. The molecular formula is C23H34N4O3. The molecule has 1 spiro atoms. The van der Waals surface area contributed by atoms with Gasteiger partial charge in [-0.1, -0.05) is 39.0 Å². The minimum Gasteiger partial charge on any atom is -0.355 e. The van der Waals surface area contributed by atoms with E-state index in [4.69, 9.17) is 0 Å². The predicted molar refractivity (Wildman–Crippen MR) is 117 cm³/mol. The Bertz CT molecular complexity index is 779. The van der Waals surface area contributed by atoms with E-state index in [1.54, 1.807) is 4.90 Å². The number of rotatable bonds is 5. The quantitative estimate of drug-likeness (QED) is 0.802. The molecule has 30 heavy (non-hydrogen) atoms. The number of anilines is 1. The average Bonchev–Trinajstić information content (AvgIpc) is 2.94. The van der Waals surface area contributed by atoms with E-state index in [0.717, 1.165) is 5.69 Å². The van der Waals surface area contributed by atoms with Gasteiger partial charge in [-0.25, -0.2) is 0 Å². The van der Waals surface area contributed by atoms with Gasteiger partial charge >= 0.3 is 0 Å². The van der Waals surface area contributed by atoms with Crippen LogP contribution in [0.1, 0.15) is 47.0 Å². The summed E-state index contributed by atoms with van der Waals surface area (Å²) < 4.78 is 0. The number of piperidine rings is 1. The summed E-state index contributed by atoms with van der Waals surface area (Å²) in [5, 5.41) is 2.78. The summed E-state index contributed by atoms with van der Waals surface area (Å²) in [5.74, 6) is -0.0116. The van der Waals surface area contributed by atoms with Gasteiger partial charge in [-0.3, -0.25) is 14.4 Å². The number of para-hydroxylation sites is 1. The van der Waals surface area contributed by atoms with Crippen LogP contribution >= 0.6 is 0 Å². The smallest absolute Gasteiger partial charge is 0.250 e. The van der Waals surface area contributed by atoms with Gasteiger partial charge in [-0.2, -0.15) is 0 Å². The molecule has 3 rings (SSSR count). The lowest BCUT2D eigenvalue weighted by atomic mass is 9.84. The normalized spacial score (nSPS) is 18.8. The Hall–Kier alpha value is -2.57. The molecule has 1 N–H and O–H groups in total. The minimum atomic E-state index is -0.702. The first-order chi connectivity index (χ1) is 14.2. The molecular weight excluding hydrogens is 380 g/mol. The minimum absolute atomic E-state index is 0.0134. The Labute approximate surface area is 179 Å². The van der Waals surface area contributed by atoms with Crippen molar-refractivity contribution in [1.29, 1.82) is 0 Å². The van der Waals surface area contributed by atoms with Crippen LogP contribution < -0.4 is 10.2 Å². The van der Waals surface area contributed by atoms with Gasteiger partial charge in [0, 0.05) is 31.7 Å². The molecule has 2 fully saturated rings. The van der Waals surface area contributed by atoms with Crippen molar-refractivity contribution in [3.63, 3.8) is 0 Å². The lowest BCUT2D eigenvalue weighted by Crippen LogP contribution is -2.57. The number of likely N-dealkylation sites (tertiary alicyclic amines) is 1. The van der Waals surface area contributed by atoms with Gasteiger partial charge in [-0.15, -0.1) is 0 Å². The fourth-order valence-electron chi connectivity index (χ4n) is 4.44. The first-order valence-electron chi connectivity index (χ1n) is 10.8. The SMILES string of the molecule is CCNC(=O)CN1CN(c2ccccc2)C2(CCN(C(=O)CC(C)(C)C)CC2)C1=O. The summed E-state index contributed by atoms with van der Waals surface area (Å²) in [6.45, 7) is 10.1. The van der Waals surface area contributed by atoms with Crippen LogP contribution in [0.4, 0.5) is 5.69 Å². The van der Waals surface area contributed by atoms with Gasteiger partial charge in [0.05, 0.1) is 6.67 Å². The Morgan fingerprint density at radius 1 is 1.10 bits per heavy atom. The Kier molecular flexibility index (Phi) is 6.38. The van der Waals surface area contributed by atoms with Crippen molar-refractivity contribution in [2.75, 3.05) is 37.7 Å². The predicted octanol–water partition coefficient (Wildman–Crippen LogP) is 2.23. The molecule has 2 aliphatic rings. The van der Waals surface area contributed by atoms with Crippen LogP contribution in [-0.4, -0.2) is 65.9 Å². The molecule has 0 bridgehead atoms. The fraction of sp³-hybridized carbons (Fsp3) is 0.609. The van der Waals surface area contributed by atoms with Crippen LogP contribution in [0.3, 0.4) is 0 Å². The standard InChI is InChI=1S/C23H34N4O3/c1-5-24-19(28)16-26-17-27(18-9-7-6-8-10-18)23(21(26)30)11-13-25(14-12-23)20(29)15-22(2,3)4/h6-10H,5,11-17H2,1-4H3,(H,24,28). The number of benzene rings is 1. The third kappa shape index (κ3) is 4.60. The highest BCUT2D eigenvalue weighted by Gasteiger charge is 2.54. The van der Waals surface area contributed by atoms with Crippen molar-refractivity contribution in [2.45, 2.75) is 52.5 Å². The molecule has 7 nitrogen and oxygen atoms in total. The zero-order valence-corrected chi connectivity index (χ0v) is 18.6. The Balaban J connectivity index is 1.80. The molecule has 0 aromatic heterocycles. The average molecular weight is 415 g/mol. The number of likely N-dealkylation sites (N-methyl/N-ethyl adjacent to an activating group) is 1. The molecule has 7 heteroatoms. The van der Waals surface area contributed by atoms with Crippen LogP contribution in [0.5, 0.6) is 0 Å². The highest BCUT2D eigenvalue weighted by atomic mass is 16.2. The van der Waals surface area contributed by atoms with E-state index in [2.05, 4.69) is 31.0 Å². The van der Waals surface area contributed by atoms with Crippen LogP contribution in [-0.2, 0) is 14.4 Å². The van der Waals surface area contributed by atoms with Crippen LogP contribution in [0, 0.1) is 5.41 Å². The van der Waals surface area contributed by atoms with Crippen LogP contribution in [0.15, 0.2) is 30.3 Å². The maximum absolute atomic E-state index is 13.5. The van der Waals surface area contributed by atoms with E-state index < -0.39 is 5.54 Å². The zero-order valence-electron chi connectivity index (χ0n) is 18.6. The molecule has 0 aliphatic carbocycles. The van der Waals surface area contributed by atoms with Crippen molar-refractivity contribution < 1.29 is 14.4 Å². The van der Waals surface area contributed by atoms with Crippen LogP contribution in [0.2, 0.25) is 0 Å². The summed E-state index contributed by atoms with van der Waals surface area (Å²) in [7, 11) is 0. The van der Waals surface area contributed by atoms with E-state index in [1.165, 1.54) is 0 Å². The number of carbonyl (C=O) groups excluding carboxylic acids is 3. The van der Waals surface area contributed by atoms with Crippen molar-refractivity contribution in [3.8, 4) is 0 Å². The second-order valence-corrected chi connectivity index (χ2v) is 9.51. The lowest BCUT2D eigenvalue weighted by Gasteiger charge is -2.43. The summed E-state index contributed by atoms with van der Waals surface area (Å²) in [6, 6.07) is 9.88. The van der Waals surface area contributed by atoms with Crippen molar-refractivity contribution >= 4 is 23.4 Å². The number of amides is 3. The molecule has 0 saturated carbocycles. The van der Waals surface area contributed by atoms with E-state index in [9.17, 15) is 14.4 Å². The summed E-state index contributed by atoms with van der Waals surface area (Å²) in [5.41, 5.74) is 0.208. The monoisotopic (exact) mass is 414 g/mol. The summed E-state index contributed by atoms with van der Waals surface area (Å²) >= 11 is 0. The number of nitrogens with zero attached hydrogens (tertiary/aromatic N) is 3. The molecule has 1 aromatic carbocycles. The van der Waals surface area contributed by atoms with Crippen molar-refractivity contribution in [3.05, 3.63) is 30.3 Å². The summed E-state index contributed by atoms with van der Waals surface area (Å²) in [4.78, 5) is 44.0. The first kappa shape index (κ1) is 22.1. The van der Waals surface area contributed by atoms with E-state index in [-0.39, 0.29) is 29.7 Å². The van der Waals surface area contributed by atoms with Crippen molar-refractivity contribution in [2.24, 2.45) is 5.41 Å². The van der Waals surface area contributed by atoms with E-state index in [0.29, 0.717) is 45.6 Å². The molecule has 2 aliphatic heterocycles. The van der Waals surface area contributed by atoms with Crippen molar-refractivity contribution in [1.82, 2.24) is 15.1 Å². The number of nitrogens with one attached hydrogen (secondary N) is 1. The first-order valence-corrected chi connectivity index (χ1v) is 10.8. The fourth-order valence-corrected chi connectivity index (χ4v) is 4.44. The van der Waals surface area contributed by atoms with Gasteiger partial charge in [0.1, 0.15) is 12.1 Å². The molecule has 2 heterocycles. The van der Waals surface area contributed by atoms with Gasteiger partial charge in [-0.05, 0) is 37.3 Å². The number of hydrogen-bond acceptors (Lipinski definition) is 4. The maximum atomic E-state index is 13.5. The maximum Gasteiger partial charge on any atom is 0.250 e. The lowest BCUT2D eigenvalue weighted by molar-refractivity contribution is -0.140. The third-order valence-electron chi connectivity index (χ3n) is 5.92. The zero-order chi connectivity index (χ0) is 21.9. The summed E-state index contributed by atoms with van der Waals surface area (Å²) in [6.07, 6.45) is 1.64. The third-order valence-corrected chi connectivity index (χ3v) is 5.92. The topological polar surface area (TPSA) is 73.0 Å². The largest absolute Gasteiger partial charge is 0.355 e. The molecule has 0 radical (unpaired) electrons. The Morgan fingerprint density at radius 2 is 1.73 bits per heavy atom. The van der Waals surface area contributed by atoms with Gasteiger partial charge < -0.3 is 20.0 Å². The highest BCUT2D eigenvalue weighted by Crippen LogP contribution is 2.39. The van der Waals surface area contributed by atoms with Gasteiger partial charge in [0.25, 0.3) is 5.91 Å². The number of hydrogen-bond donors (Lipinski definition) is 1. The molecule has 3 amide bonds. The molecule has 0 atom stereocenters. The number of carbonyl (C=O) groups is 3. The molecule has 1 aromatic rings. The molecule has 0 unspecified atom stereocenters. The van der Waals surface area contributed by atoms with Gasteiger partial charge in [0.2, 0.25) is 11.8 Å². The molecule has 2 saturated heterocycles. The Morgan fingerprint density at radius 3 is 2.30 bits per heavy atom. The van der Waals surface area contributed by atoms with Gasteiger partial charge in [0.15, 0.2) is 0 Å². The second kappa shape index (κ2) is 8.66. The second-order valence-electron chi connectivity index (χ2n) is 9.51. The highest BCUT2D eigenvalue weighted by molar-refractivity contribution is 5.96.